The monoisotopic (exact) mass is 248 g/mol. The van der Waals surface area contributed by atoms with E-state index in [0.717, 1.165) is 19.4 Å². The molecule has 4 heteroatoms. The Morgan fingerprint density at radius 1 is 1.44 bits per heavy atom. The molecule has 1 aliphatic heterocycles. The highest BCUT2D eigenvalue weighted by Gasteiger charge is 2.27. The minimum Gasteiger partial charge on any atom is -0.465 e. The van der Waals surface area contributed by atoms with Crippen LogP contribution in [0.15, 0.2) is 30.3 Å². The molecule has 2 atom stereocenters. The quantitative estimate of drug-likeness (QED) is 0.863. The standard InChI is InChI=1S/C14H20N2O2/c1-11-9-13(7-8-16(11)14(17)18)15-10-12-5-3-2-4-6-12/h2-6,11,13,15H,7-10H2,1H3,(H,17,18). The van der Waals surface area contributed by atoms with E-state index in [1.165, 1.54) is 10.5 Å². The molecule has 1 aromatic carbocycles. The molecule has 2 rings (SSSR count). The maximum atomic E-state index is 11.0. The normalized spacial score (nSPS) is 23.9. The lowest BCUT2D eigenvalue weighted by Gasteiger charge is -2.36. The van der Waals surface area contributed by atoms with Crippen LogP contribution in [0.5, 0.6) is 0 Å². The number of benzene rings is 1. The van der Waals surface area contributed by atoms with Gasteiger partial charge in [-0.05, 0) is 25.3 Å². The molecule has 1 amide bonds. The number of hydrogen-bond donors (Lipinski definition) is 2. The van der Waals surface area contributed by atoms with Gasteiger partial charge in [-0.2, -0.15) is 0 Å². The maximum Gasteiger partial charge on any atom is 0.407 e. The fraction of sp³-hybridized carbons (Fsp3) is 0.500. The predicted molar refractivity (Wildman–Crippen MR) is 70.5 cm³/mol. The third-order valence-corrected chi connectivity index (χ3v) is 3.56. The van der Waals surface area contributed by atoms with Gasteiger partial charge in [0.2, 0.25) is 0 Å². The van der Waals surface area contributed by atoms with Gasteiger partial charge in [0.1, 0.15) is 0 Å². The lowest BCUT2D eigenvalue weighted by molar-refractivity contribution is 0.102. The van der Waals surface area contributed by atoms with Gasteiger partial charge in [-0.25, -0.2) is 4.79 Å². The number of hydrogen-bond acceptors (Lipinski definition) is 2. The summed E-state index contributed by atoms with van der Waals surface area (Å²) in [6.07, 6.45) is 0.979. The van der Waals surface area contributed by atoms with Crippen LogP contribution in [0.25, 0.3) is 0 Å². The van der Waals surface area contributed by atoms with E-state index in [1.54, 1.807) is 0 Å². The first kappa shape index (κ1) is 12.9. The summed E-state index contributed by atoms with van der Waals surface area (Å²) < 4.78 is 0. The van der Waals surface area contributed by atoms with E-state index in [9.17, 15) is 4.79 Å². The molecule has 0 radical (unpaired) electrons. The Bertz CT molecular complexity index is 394. The first-order valence-corrected chi connectivity index (χ1v) is 6.43. The van der Waals surface area contributed by atoms with Crippen LogP contribution in [0.1, 0.15) is 25.3 Å². The van der Waals surface area contributed by atoms with Crippen molar-refractivity contribution in [1.29, 1.82) is 0 Å². The number of carbonyl (C=O) groups is 1. The van der Waals surface area contributed by atoms with Crippen LogP contribution in [0.4, 0.5) is 4.79 Å². The Morgan fingerprint density at radius 2 is 2.17 bits per heavy atom. The van der Waals surface area contributed by atoms with Gasteiger partial charge in [0.05, 0.1) is 0 Å². The number of likely N-dealkylation sites (tertiary alicyclic amines) is 1. The van der Waals surface area contributed by atoms with Crippen molar-refractivity contribution in [2.24, 2.45) is 0 Å². The largest absolute Gasteiger partial charge is 0.465 e. The van der Waals surface area contributed by atoms with Crippen LogP contribution in [-0.4, -0.2) is 34.7 Å². The molecule has 98 valence electrons. The number of nitrogens with one attached hydrogen (secondary N) is 1. The smallest absolute Gasteiger partial charge is 0.407 e. The molecule has 0 aliphatic carbocycles. The number of rotatable bonds is 3. The maximum absolute atomic E-state index is 11.0. The second kappa shape index (κ2) is 5.87. The molecule has 18 heavy (non-hydrogen) atoms. The van der Waals surface area contributed by atoms with Gasteiger partial charge in [0.25, 0.3) is 0 Å². The molecule has 0 aromatic heterocycles. The number of piperidine rings is 1. The summed E-state index contributed by atoms with van der Waals surface area (Å²) in [7, 11) is 0. The summed E-state index contributed by atoms with van der Waals surface area (Å²) in [5.41, 5.74) is 1.27. The Hall–Kier alpha value is -1.55. The van der Waals surface area contributed by atoms with Crippen LogP contribution in [0.2, 0.25) is 0 Å². The first-order valence-electron chi connectivity index (χ1n) is 6.43. The fourth-order valence-electron chi connectivity index (χ4n) is 2.50. The lowest BCUT2D eigenvalue weighted by atomic mass is 9.98. The van der Waals surface area contributed by atoms with E-state index >= 15 is 0 Å². The van der Waals surface area contributed by atoms with Gasteiger partial charge in [-0.3, -0.25) is 0 Å². The average molecular weight is 248 g/mol. The molecule has 1 heterocycles. The van der Waals surface area contributed by atoms with Gasteiger partial charge in [-0.15, -0.1) is 0 Å². The number of nitrogens with zero attached hydrogens (tertiary/aromatic N) is 1. The van der Waals surface area contributed by atoms with Crippen molar-refractivity contribution in [2.45, 2.75) is 38.4 Å². The summed E-state index contributed by atoms with van der Waals surface area (Å²) in [4.78, 5) is 12.5. The van der Waals surface area contributed by atoms with Gasteiger partial charge in [0.15, 0.2) is 0 Å². The Morgan fingerprint density at radius 3 is 2.78 bits per heavy atom. The first-order chi connectivity index (χ1) is 8.66. The minimum absolute atomic E-state index is 0.101. The summed E-state index contributed by atoms with van der Waals surface area (Å²) >= 11 is 0. The summed E-state index contributed by atoms with van der Waals surface area (Å²) in [6.45, 7) is 3.46. The molecule has 1 aromatic rings. The van der Waals surface area contributed by atoms with E-state index in [2.05, 4.69) is 17.4 Å². The second-order valence-corrected chi connectivity index (χ2v) is 4.91. The minimum atomic E-state index is -0.802. The van der Waals surface area contributed by atoms with Gasteiger partial charge in [-0.1, -0.05) is 30.3 Å². The van der Waals surface area contributed by atoms with Gasteiger partial charge < -0.3 is 15.3 Å². The molecule has 2 N–H and O–H groups in total. The van der Waals surface area contributed by atoms with Crippen molar-refractivity contribution in [1.82, 2.24) is 10.2 Å². The Balaban J connectivity index is 1.81. The second-order valence-electron chi connectivity index (χ2n) is 4.91. The zero-order valence-electron chi connectivity index (χ0n) is 10.7. The van der Waals surface area contributed by atoms with E-state index in [4.69, 9.17) is 5.11 Å². The number of carboxylic acid groups (broad SMARTS) is 1. The van der Waals surface area contributed by atoms with Crippen molar-refractivity contribution in [2.75, 3.05) is 6.54 Å². The van der Waals surface area contributed by atoms with Crippen LogP contribution in [0.3, 0.4) is 0 Å². The molecule has 1 aliphatic rings. The van der Waals surface area contributed by atoms with Gasteiger partial charge >= 0.3 is 6.09 Å². The highest BCUT2D eigenvalue weighted by atomic mass is 16.4. The highest BCUT2D eigenvalue weighted by molar-refractivity contribution is 5.65. The molecule has 0 bridgehead atoms. The Kier molecular flexibility index (Phi) is 4.20. The van der Waals surface area contributed by atoms with Crippen molar-refractivity contribution in [3.63, 3.8) is 0 Å². The van der Waals surface area contributed by atoms with Crippen molar-refractivity contribution >= 4 is 6.09 Å². The SMILES string of the molecule is CC1CC(NCc2ccccc2)CCN1C(=O)O. The van der Waals surface area contributed by atoms with E-state index in [-0.39, 0.29) is 6.04 Å². The molecule has 2 unspecified atom stereocenters. The summed E-state index contributed by atoms with van der Waals surface area (Å²) in [5.74, 6) is 0. The fourth-order valence-corrected chi connectivity index (χ4v) is 2.50. The van der Waals surface area contributed by atoms with Crippen LogP contribution >= 0.6 is 0 Å². The molecule has 1 fully saturated rings. The molecule has 0 saturated carbocycles. The van der Waals surface area contributed by atoms with Gasteiger partial charge in [0, 0.05) is 25.2 Å². The molecular formula is C14H20N2O2. The Labute approximate surface area is 108 Å². The van der Waals surface area contributed by atoms with Crippen molar-refractivity contribution in [3.8, 4) is 0 Å². The van der Waals surface area contributed by atoms with E-state index in [1.807, 2.05) is 25.1 Å². The predicted octanol–water partition coefficient (Wildman–Crippen LogP) is 2.31. The summed E-state index contributed by atoms with van der Waals surface area (Å²) in [5, 5.41) is 12.5. The highest BCUT2D eigenvalue weighted by Crippen LogP contribution is 2.17. The van der Waals surface area contributed by atoms with E-state index in [0.29, 0.717) is 12.6 Å². The third-order valence-electron chi connectivity index (χ3n) is 3.56. The zero-order valence-corrected chi connectivity index (χ0v) is 10.7. The van der Waals surface area contributed by atoms with Crippen LogP contribution in [0, 0.1) is 0 Å². The average Bonchev–Trinajstić information content (AvgIpc) is 2.37. The molecule has 1 saturated heterocycles. The van der Waals surface area contributed by atoms with E-state index < -0.39 is 6.09 Å². The van der Waals surface area contributed by atoms with Crippen molar-refractivity contribution < 1.29 is 9.90 Å². The third kappa shape index (κ3) is 3.23. The molecule has 4 nitrogen and oxygen atoms in total. The zero-order chi connectivity index (χ0) is 13.0. The van der Waals surface area contributed by atoms with Crippen LogP contribution < -0.4 is 5.32 Å². The summed E-state index contributed by atoms with van der Waals surface area (Å²) in [6, 6.07) is 10.8. The van der Waals surface area contributed by atoms with Crippen molar-refractivity contribution in [3.05, 3.63) is 35.9 Å². The topological polar surface area (TPSA) is 52.6 Å². The number of amides is 1. The lowest BCUT2D eigenvalue weighted by Crippen LogP contribution is -2.49. The molecular weight excluding hydrogens is 228 g/mol. The van der Waals surface area contributed by atoms with Crippen LogP contribution in [-0.2, 0) is 6.54 Å². The molecule has 0 spiro atoms.